The van der Waals surface area contributed by atoms with Gasteiger partial charge in [-0.2, -0.15) is 18.2 Å². The summed E-state index contributed by atoms with van der Waals surface area (Å²) in [4.78, 5) is 15.8. The first-order valence-corrected chi connectivity index (χ1v) is 7.00. The van der Waals surface area contributed by atoms with Crippen LogP contribution in [0.1, 0.15) is 30.1 Å². The van der Waals surface area contributed by atoms with E-state index in [0.29, 0.717) is 12.5 Å². The molecule has 22 heavy (non-hydrogen) atoms. The first kappa shape index (κ1) is 16.4. The average molecular weight is 318 g/mol. The van der Waals surface area contributed by atoms with Crippen molar-refractivity contribution in [3.8, 4) is 5.88 Å². The number of anilines is 1. The highest BCUT2D eigenvalue weighted by molar-refractivity contribution is 5.94. The first-order chi connectivity index (χ1) is 10.4. The Morgan fingerprint density at radius 1 is 1.41 bits per heavy atom. The molecular formula is C14H17F3N2O3. The van der Waals surface area contributed by atoms with Gasteiger partial charge in [0.05, 0.1) is 6.61 Å². The molecule has 0 aromatic carbocycles. The van der Waals surface area contributed by atoms with E-state index < -0.39 is 18.8 Å². The zero-order valence-corrected chi connectivity index (χ0v) is 12.1. The highest BCUT2D eigenvalue weighted by Crippen LogP contribution is 2.29. The summed E-state index contributed by atoms with van der Waals surface area (Å²) in [5.41, 5.74) is 0.182. The van der Waals surface area contributed by atoms with E-state index in [1.165, 1.54) is 12.1 Å². The van der Waals surface area contributed by atoms with Gasteiger partial charge in [-0.15, -0.1) is 0 Å². The molecule has 0 amide bonds. The summed E-state index contributed by atoms with van der Waals surface area (Å²) in [5, 5.41) is 2.98. The van der Waals surface area contributed by atoms with E-state index in [2.05, 4.69) is 15.0 Å². The highest BCUT2D eigenvalue weighted by Gasteiger charge is 2.29. The lowest BCUT2D eigenvalue weighted by Gasteiger charge is -2.13. The Hall–Kier alpha value is -1.99. The SMILES string of the molecule is CCOC(=O)c1ccc(OCC(F)(F)F)nc1NCC1CC1. The Bertz CT molecular complexity index is 531. The topological polar surface area (TPSA) is 60.5 Å². The summed E-state index contributed by atoms with van der Waals surface area (Å²) < 4.78 is 46.0. The zero-order chi connectivity index (χ0) is 16.2. The Morgan fingerprint density at radius 3 is 2.73 bits per heavy atom. The van der Waals surface area contributed by atoms with E-state index in [1.54, 1.807) is 6.92 Å². The zero-order valence-electron chi connectivity index (χ0n) is 12.1. The molecule has 1 aliphatic carbocycles. The number of aromatic nitrogens is 1. The molecule has 1 heterocycles. The maximum absolute atomic E-state index is 12.2. The Kier molecular flexibility index (Phi) is 5.10. The van der Waals surface area contributed by atoms with Gasteiger partial charge in [-0.05, 0) is 31.7 Å². The van der Waals surface area contributed by atoms with Crippen LogP contribution in [0, 0.1) is 5.92 Å². The van der Waals surface area contributed by atoms with Crippen molar-refractivity contribution in [3.05, 3.63) is 17.7 Å². The van der Waals surface area contributed by atoms with Crippen LogP contribution in [0.25, 0.3) is 0 Å². The van der Waals surface area contributed by atoms with Crippen LogP contribution in [0.3, 0.4) is 0 Å². The highest BCUT2D eigenvalue weighted by atomic mass is 19.4. The molecule has 2 rings (SSSR count). The molecule has 1 aromatic rings. The second kappa shape index (κ2) is 6.85. The van der Waals surface area contributed by atoms with Crippen LogP contribution in [-0.2, 0) is 4.74 Å². The summed E-state index contributed by atoms with van der Waals surface area (Å²) in [6, 6.07) is 2.58. The van der Waals surface area contributed by atoms with Gasteiger partial charge in [-0.25, -0.2) is 4.79 Å². The van der Waals surface area contributed by atoms with Gasteiger partial charge in [0.2, 0.25) is 5.88 Å². The fourth-order valence-electron chi connectivity index (χ4n) is 1.75. The van der Waals surface area contributed by atoms with E-state index in [-0.39, 0.29) is 23.9 Å². The monoisotopic (exact) mass is 318 g/mol. The average Bonchev–Trinajstić information content (AvgIpc) is 3.26. The lowest BCUT2D eigenvalue weighted by Crippen LogP contribution is -2.20. The third kappa shape index (κ3) is 5.09. The Morgan fingerprint density at radius 2 is 2.14 bits per heavy atom. The second-order valence-electron chi connectivity index (χ2n) is 4.99. The number of ether oxygens (including phenoxy) is 2. The molecule has 1 N–H and O–H groups in total. The number of esters is 1. The van der Waals surface area contributed by atoms with Crippen molar-refractivity contribution in [2.24, 2.45) is 5.92 Å². The third-order valence-corrected chi connectivity index (χ3v) is 3.00. The van der Waals surface area contributed by atoms with Crippen molar-refractivity contribution in [1.29, 1.82) is 0 Å². The number of hydrogen-bond donors (Lipinski definition) is 1. The van der Waals surface area contributed by atoms with E-state index in [4.69, 9.17) is 4.74 Å². The fourth-order valence-corrected chi connectivity index (χ4v) is 1.75. The van der Waals surface area contributed by atoms with Gasteiger partial charge in [0.1, 0.15) is 11.4 Å². The van der Waals surface area contributed by atoms with Gasteiger partial charge < -0.3 is 14.8 Å². The van der Waals surface area contributed by atoms with Crippen molar-refractivity contribution in [3.63, 3.8) is 0 Å². The standard InChI is InChI=1S/C14H17F3N2O3/c1-2-21-13(20)10-5-6-11(22-8-14(15,16)17)19-12(10)18-7-9-3-4-9/h5-6,9H,2-4,7-8H2,1H3,(H,18,19). The minimum atomic E-state index is -4.44. The molecule has 0 spiro atoms. The third-order valence-electron chi connectivity index (χ3n) is 3.00. The van der Waals surface area contributed by atoms with Gasteiger partial charge in [-0.3, -0.25) is 0 Å². The van der Waals surface area contributed by atoms with Crippen LogP contribution in [0.15, 0.2) is 12.1 Å². The van der Waals surface area contributed by atoms with E-state index >= 15 is 0 Å². The van der Waals surface area contributed by atoms with E-state index in [0.717, 1.165) is 12.8 Å². The number of carbonyl (C=O) groups excluding carboxylic acids is 1. The molecular weight excluding hydrogens is 301 g/mol. The van der Waals surface area contributed by atoms with Crippen LogP contribution in [-0.4, -0.2) is 36.9 Å². The quantitative estimate of drug-likeness (QED) is 0.783. The van der Waals surface area contributed by atoms with Crippen molar-refractivity contribution in [2.45, 2.75) is 25.9 Å². The van der Waals surface area contributed by atoms with Gasteiger partial charge in [0, 0.05) is 12.6 Å². The fraction of sp³-hybridized carbons (Fsp3) is 0.571. The lowest BCUT2D eigenvalue weighted by molar-refractivity contribution is -0.154. The summed E-state index contributed by atoms with van der Waals surface area (Å²) in [5.74, 6) is -0.0686. The first-order valence-electron chi connectivity index (χ1n) is 7.00. The number of nitrogens with zero attached hydrogens (tertiary/aromatic N) is 1. The van der Waals surface area contributed by atoms with Crippen LogP contribution in [0.2, 0.25) is 0 Å². The number of alkyl halides is 3. The van der Waals surface area contributed by atoms with Crippen molar-refractivity contribution in [2.75, 3.05) is 25.1 Å². The molecule has 8 heteroatoms. The van der Waals surface area contributed by atoms with E-state index in [9.17, 15) is 18.0 Å². The molecule has 122 valence electrons. The van der Waals surface area contributed by atoms with Crippen LogP contribution in [0.5, 0.6) is 5.88 Å². The van der Waals surface area contributed by atoms with Crippen LogP contribution >= 0.6 is 0 Å². The van der Waals surface area contributed by atoms with Gasteiger partial charge in [-0.1, -0.05) is 0 Å². The molecule has 1 fully saturated rings. The van der Waals surface area contributed by atoms with Gasteiger partial charge >= 0.3 is 12.1 Å². The number of hydrogen-bond acceptors (Lipinski definition) is 5. The molecule has 0 radical (unpaired) electrons. The summed E-state index contributed by atoms with van der Waals surface area (Å²) in [7, 11) is 0. The normalized spacial score (nSPS) is 14.5. The lowest BCUT2D eigenvalue weighted by atomic mass is 10.2. The van der Waals surface area contributed by atoms with Crippen LogP contribution in [0.4, 0.5) is 19.0 Å². The molecule has 0 atom stereocenters. The van der Waals surface area contributed by atoms with E-state index in [1.807, 2.05) is 0 Å². The van der Waals surface area contributed by atoms with Crippen molar-refractivity contribution < 1.29 is 27.4 Å². The predicted molar refractivity (Wildman–Crippen MR) is 73.0 cm³/mol. The summed E-state index contributed by atoms with van der Waals surface area (Å²) in [6.07, 6.45) is -2.26. The number of halogens is 3. The number of carbonyl (C=O) groups is 1. The predicted octanol–water partition coefficient (Wildman–Crippen LogP) is 3.02. The van der Waals surface area contributed by atoms with Gasteiger partial charge in [0.25, 0.3) is 0 Å². The van der Waals surface area contributed by atoms with Crippen molar-refractivity contribution >= 4 is 11.8 Å². The largest absolute Gasteiger partial charge is 0.468 e. The maximum Gasteiger partial charge on any atom is 0.422 e. The minimum absolute atomic E-state index is 0.182. The summed E-state index contributed by atoms with van der Waals surface area (Å²) in [6.45, 7) is 1.06. The molecule has 5 nitrogen and oxygen atoms in total. The molecule has 0 aliphatic heterocycles. The number of rotatable bonds is 7. The summed E-state index contributed by atoms with van der Waals surface area (Å²) >= 11 is 0. The molecule has 0 saturated heterocycles. The number of nitrogens with one attached hydrogen (secondary N) is 1. The molecule has 1 aliphatic rings. The Labute approximate surface area is 125 Å². The molecule has 0 bridgehead atoms. The molecule has 0 unspecified atom stereocenters. The molecule has 1 aromatic heterocycles. The van der Waals surface area contributed by atoms with Gasteiger partial charge in [0.15, 0.2) is 6.61 Å². The van der Waals surface area contributed by atoms with Crippen molar-refractivity contribution in [1.82, 2.24) is 4.98 Å². The second-order valence-corrected chi connectivity index (χ2v) is 4.99. The van der Waals surface area contributed by atoms with Crippen LogP contribution < -0.4 is 10.1 Å². The number of pyridine rings is 1. The maximum atomic E-state index is 12.2. The smallest absolute Gasteiger partial charge is 0.422 e. The molecule has 1 saturated carbocycles. The minimum Gasteiger partial charge on any atom is -0.468 e. The Balaban J connectivity index is 2.12.